The third kappa shape index (κ3) is 1.94. The van der Waals surface area contributed by atoms with Crippen molar-refractivity contribution in [3.05, 3.63) is 23.8 Å². The Hall–Kier alpha value is -1.39. The minimum atomic E-state index is -4.48. The Labute approximate surface area is 96.7 Å². The van der Waals surface area contributed by atoms with Gasteiger partial charge >= 0.3 is 10.4 Å². The minimum Gasteiger partial charge on any atom is -0.399 e. The Bertz CT molecular complexity index is 559. The van der Waals surface area contributed by atoms with Gasteiger partial charge in [-0.25, -0.2) is 8.37 Å². The quantitative estimate of drug-likeness (QED) is 0.452. The van der Waals surface area contributed by atoms with E-state index in [0.717, 1.165) is 0 Å². The maximum Gasteiger partial charge on any atom is 0.405 e. The molecule has 2 unspecified atom stereocenters. The molecular formula is C8H10N2O6S. The number of aliphatic hydroxyl groups excluding tert-OH is 1. The molecule has 17 heavy (non-hydrogen) atoms. The molecule has 1 saturated heterocycles. The topological polar surface area (TPSA) is 145 Å². The lowest BCUT2D eigenvalue weighted by atomic mass is 10.0. The number of rotatable bonds is 1. The highest BCUT2D eigenvalue weighted by Gasteiger charge is 2.54. The summed E-state index contributed by atoms with van der Waals surface area (Å²) >= 11 is 0. The van der Waals surface area contributed by atoms with Crippen LogP contribution >= 0.6 is 0 Å². The average molecular weight is 262 g/mol. The van der Waals surface area contributed by atoms with Crippen LogP contribution in [0, 0.1) is 0 Å². The van der Waals surface area contributed by atoms with E-state index in [1.165, 1.54) is 18.2 Å². The van der Waals surface area contributed by atoms with Crippen LogP contribution in [0.15, 0.2) is 18.2 Å². The Balaban J connectivity index is 2.56. The Kier molecular flexibility index (Phi) is 2.52. The molecule has 1 aliphatic heterocycles. The molecular weight excluding hydrogens is 252 g/mol. The highest BCUT2D eigenvalue weighted by Crippen LogP contribution is 2.39. The number of nitrogen functional groups attached to an aromatic ring is 2. The van der Waals surface area contributed by atoms with E-state index in [0.29, 0.717) is 0 Å². The largest absolute Gasteiger partial charge is 0.405 e. The third-order valence-corrected chi connectivity index (χ3v) is 3.11. The van der Waals surface area contributed by atoms with Gasteiger partial charge in [-0.3, -0.25) is 0 Å². The standard InChI is InChI=1S/C8H10N2O6S/c9-4-1-2-6(10)5(3-4)8(12)7(11)15-17(13,14)16-8/h1-3,7,11-12H,9-10H2. The number of hydrogen-bond donors (Lipinski definition) is 4. The van der Waals surface area contributed by atoms with Crippen molar-refractivity contribution in [1.29, 1.82) is 0 Å². The van der Waals surface area contributed by atoms with Crippen LogP contribution in [-0.2, 0) is 24.6 Å². The van der Waals surface area contributed by atoms with Crippen molar-refractivity contribution < 1.29 is 27.0 Å². The molecule has 0 bridgehead atoms. The van der Waals surface area contributed by atoms with Crippen molar-refractivity contribution >= 4 is 21.8 Å². The van der Waals surface area contributed by atoms with E-state index in [1.807, 2.05) is 0 Å². The molecule has 1 fully saturated rings. The molecule has 1 aromatic carbocycles. The Morgan fingerprint density at radius 2 is 2.00 bits per heavy atom. The molecule has 9 heteroatoms. The second-order valence-corrected chi connectivity index (χ2v) is 4.66. The van der Waals surface area contributed by atoms with Crippen LogP contribution in [0.3, 0.4) is 0 Å². The summed E-state index contributed by atoms with van der Waals surface area (Å²) in [4.78, 5) is 0. The van der Waals surface area contributed by atoms with Gasteiger partial charge in [0.2, 0.25) is 6.29 Å². The molecule has 1 aliphatic rings. The normalized spacial score (nSPS) is 31.5. The molecule has 6 N–H and O–H groups in total. The first-order valence-electron chi connectivity index (χ1n) is 4.44. The van der Waals surface area contributed by atoms with E-state index in [-0.39, 0.29) is 16.9 Å². The number of hydrogen-bond acceptors (Lipinski definition) is 8. The van der Waals surface area contributed by atoms with E-state index in [9.17, 15) is 18.6 Å². The van der Waals surface area contributed by atoms with Gasteiger partial charge in [0.15, 0.2) is 0 Å². The van der Waals surface area contributed by atoms with Crippen LogP contribution in [0.25, 0.3) is 0 Å². The first kappa shape index (κ1) is 12.1. The van der Waals surface area contributed by atoms with Gasteiger partial charge in [-0.05, 0) is 18.2 Å². The monoisotopic (exact) mass is 262 g/mol. The first-order valence-corrected chi connectivity index (χ1v) is 5.78. The predicted octanol–water partition coefficient (Wildman–Crippen LogP) is -1.39. The van der Waals surface area contributed by atoms with Gasteiger partial charge in [-0.1, -0.05) is 0 Å². The van der Waals surface area contributed by atoms with Crippen molar-refractivity contribution in [1.82, 2.24) is 0 Å². The number of aliphatic hydroxyl groups is 2. The van der Waals surface area contributed by atoms with Gasteiger partial charge in [-0.2, -0.15) is 8.42 Å². The zero-order valence-electron chi connectivity index (χ0n) is 8.40. The summed E-state index contributed by atoms with van der Waals surface area (Å²) in [7, 11) is -4.48. The summed E-state index contributed by atoms with van der Waals surface area (Å²) in [6, 6.07) is 3.96. The molecule has 0 spiro atoms. The molecule has 94 valence electrons. The summed E-state index contributed by atoms with van der Waals surface area (Å²) in [6.45, 7) is 0. The second kappa shape index (κ2) is 3.55. The lowest BCUT2D eigenvalue weighted by molar-refractivity contribution is -0.230. The highest BCUT2D eigenvalue weighted by atomic mass is 32.3. The van der Waals surface area contributed by atoms with Crippen molar-refractivity contribution in [2.45, 2.75) is 12.1 Å². The molecule has 8 nitrogen and oxygen atoms in total. The number of anilines is 2. The van der Waals surface area contributed by atoms with E-state index < -0.39 is 22.5 Å². The molecule has 0 aliphatic carbocycles. The first-order chi connectivity index (χ1) is 7.74. The van der Waals surface area contributed by atoms with Crippen molar-refractivity contribution in [2.24, 2.45) is 0 Å². The smallest absolute Gasteiger partial charge is 0.399 e. The van der Waals surface area contributed by atoms with Gasteiger partial charge < -0.3 is 21.7 Å². The fourth-order valence-electron chi connectivity index (χ4n) is 1.46. The molecule has 1 aromatic rings. The second-order valence-electron chi connectivity index (χ2n) is 3.48. The summed E-state index contributed by atoms with van der Waals surface area (Å²) in [6.07, 6.45) is -2.11. The highest BCUT2D eigenvalue weighted by molar-refractivity contribution is 7.82. The van der Waals surface area contributed by atoms with Gasteiger partial charge in [0.05, 0.1) is 0 Å². The molecule has 0 radical (unpaired) electrons. The van der Waals surface area contributed by atoms with Gasteiger partial charge in [0, 0.05) is 16.9 Å². The van der Waals surface area contributed by atoms with E-state index in [2.05, 4.69) is 8.37 Å². The van der Waals surface area contributed by atoms with Crippen LogP contribution in [0.1, 0.15) is 5.56 Å². The molecule has 0 saturated carbocycles. The fraction of sp³-hybridized carbons (Fsp3) is 0.250. The molecule has 2 atom stereocenters. The number of benzene rings is 1. The maximum atomic E-state index is 11.0. The lowest BCUT2D eigenvalue weighted by Gasteiger charge is -2.23. The average Bonchev–Trinajstić information content (AvgIpc) is 2.40. The summed E-state index contributed by atoms with van der Waals surface area (Å²) in [5.41, 5.74) is 11.0. The predicted molar refractivity (Wildman–Crippen MR) is 56.3 cm³/mol. The third-order valence-electron chi connectivity index (χ3n) is 2.24. The molecule has 0 amide bonds. The Morgan fingerprint density at radius 3 is 2.53 bits per heavy atom. The zero-order chi connectivity index (χ0) is 12.8. The zero-order valence-corrected chi connectivity index (χ0v) is 9.22. The van der Waals surface area contributed by atoms with Crippen LogP contribution in [0.4, 0.5) is 11.4 Å². The van der Waals surface area contributed by atoms with Crippen molar-refractivity contribution in [3.63, 3.8) is 0 Å². The van der Waals surface area contributed by atoms with Gasteiger partial charge in [0.1, 0.15) is 0 Å². The van der Waals surface area contributed by atoms with Crippen LogP contribution in [-0.4, -0.2) is 24.9 Å². The van der Waals surface area contributed by atoms with Gasteiger partial charge in [0.25, 0.3) is 5.79 Å². The molecule has 1 heterocycles. The van der Waals surface area contributed by atoms with Crippen molar-refractivity contribution in [3.8, 4) is 0 Å². The molecule has 2 rings (SSSR count). The van der Waals surface area contributed by atoms with Gasteiger partial charge in [-0.15, -0.1) is 0 Å². The van der Waals surface area contributed by atoms with Crippen LogP contribution in [0.5, 0.6) is 0 Å². The maximum absolute atomic E-state index is 11.0. The van der Waals surface area contributed by atoms with Crippen LogP contribution < -0.4 is 11.5 Å². The molecule has 0 aromatic heterocycles. The lowest BCUT2D eigenvalue weighted by Crippen LogP contribution is -2.37. The SMILES string of the molecule is Nc1ccc(N)c(C2(O)OS(=O)(=O)OC2O)c1. The fourth-order valence-corrected chi connectivity index (χ4v) is 2.33. The minimum absolute atomic E-state index is 0.00134. The number of nitrogens with two attached hydrogens (primary N) is 2. The Morgan fingerprint density at radius 1 is 1.35 bits per heavy atom. The van der Waals surface area contributed by atoms with Crippen molar-refractivity contribution in [2.75, 3.05) is 11.5 Å². The van der Waals surface area contributed by atoms with Crippen LogP contribution in [0.2, 0.25) is 0 Å². The van der Waals surface area contributed by atoms with E-state index in [4.69, 9.17) is 11.5 Å². The summed E-state index contributed by atoms with van der Waals surface area (Å²) in [5, 5.41) is 19.3. The summed E-state index contributed by atoms with van der Waals surface area (Å²) < 4.78 is 30.3. The summed E-state index contributed by atoms with van der Waals surface area (Å²) in [5.74, 6) is -2.60. The van der Waals surface area contributed by atoms with E-state index >= 15 is 0 Å². The van der Waals surface area contributed by atoms with E-state index in [1.54, 1.807) is 0 Å².